The minimum absolute atomic E-state index is 0.111. The number of fused-ring (bicyclic) bond motifs is 1. The number of halogens is 2. The van der Waals surface area contributed by atoms with Gasteiger partial charge in [0.2, 0.25) is 0 Å². The highest BCUT2D eigenvalue weighted by Crippen LogP contribution is 2.42. The summed E-state index contributed by atoms with van der Waals surface area (Å²) in [6, 6.07) is 3.53. The third-order valence-corrected chi connectivity index (χ3v) is 4.07. The molecule has 1 aliphatic rings. The van der Waals surface area contributed by atoms with Crippen molar-refractivity contribution in [1.82, 2.24) is 15.1 Å². The molecule has 1 atom stereocenters. The van der Waals surface area contributed by atoms with Crippen LogP contribution in [-0.4, -0.2) is 45.3 Å². The number of likely N-dealkylation sites (tertiary alicyclic amines) is 1. The predicted molar refractivity (Wildman–Crippen MR) is 72.7 cm³/mol. The van der Waals surface area contributed by atoms with Crippen LogP contribution in [0.5, 0.6) is 0 Å². The van der Waals surface area contributed by atoms with Crippen LogP contribution in [0.15, 0.2) is 18.3 Å². The van der Waals surface area contributed by atoms with Gasteiger partial charge in [-0.25, -0.2) is 13.6 Å². The Labute approximate surface area is 119 Å². The van der Waals surface area contributed by atoms with Gasteiger partial charge in [-0.05, 0) is 36.6 Å². The highest BCUT2D eigenvalue weighted by Gasteiger charge is 2.47. The molecular weight excluding hydrogens is 280 g/mol. The first-order valence-corrected chi connectivity index (χ1v) is 6.68. The number of aromatic nitrogens is 2. The van der Waals surface area contributed by atoms with E-state index in [-0.39, 0.29) is 13.0 Å². The Morgan fingerprint density at radius 1 is 1.52 bits per heavy atom. The maximum Gasteiger partial charge on any atom is 0.407 e. The summed E-state index contributed by atoms with van der Waals surface area (Å²) in [5.74, 6) is -4.05. The average molecular weight is 295 g/mol. The molecule has 2 heterocycles. The first kappa shape index (κ1) is 13.8. The molecule has 112 valence electrons. The molecule has 1 fully saturated rings. The van der Waals surface area contributed by atoms with Crippen molar-refractivity contribution < 1.29 is 18.7 Å². The summed E-state index contributed by atoms with van der Waals surface area (Å²) >= 11 is 0. The van der Waals surface area contributed by atoms with Crippen molar-refractivity contribution in [2.75, 3.05) is 13.1 Å². The van der Waals surface area contributed by atoms with E-state index in [1.54, 1.807) is 19.2 Å². The lowest BCUT2D eigenvalue weighted by molar-refractivity contribution is -0.0762. The minimum Gasteiger partial charge on any atom is -0.465 e. The Hall–Kier alpha value is -2.18. The predicted octanol–water partition coefficient (Wildman–Crippen LogP) is 2.97. The van der Waals surface area contributed by atoms with E-state index < -0.39 is 24.5 Å². The van der Waals surface area contributed by atoms with E-state index in [2.05, 4.69) is 10.2 Å². The number of aromatic amines is 1. The monoisotopic (exact) mass is 295 g/mol. The second kappa shape index (κ2) is 4.68. The number of hydrogen-bond donors (Lipinski definition) is 2. The first-order chi connectivity index (χ1) is 9.88. The molecule has 7 heteroatoms. The van der Waals surface area contributed by atoms with Crippen molar-refractivity contribution in [2.24, 2.45) is 0 Å². The molecule has 1 saturated heterocycles. The van der Waals surface area contributed by atoms with E-state index in [9.17, 15) is 13.6 Å². The van der Waals surface area contributed by atoms with Crippen molar-refractivity contribution in [2.45, 2.75) is 25.2 Å². The van der Waals surface area contributed by atoms with E-state index in [0.717, 1.165) is 15.8 Å². The lowest BCUT2D eigenvalue weighted by Crippen LogP contribution is -2.49. The number of carbonyl (C=O) groups is 1. The third kappa shape index (κ3) is 2.32. The summed E-state index contributed by atoms with van der Waals surface area (Å²) in [6.07, 6.45) is 0.464. The second-order valence-corrected chi connectivity index (χ2v) is 5.47. The molecule has 0 saturated carbocycles. The standard InChI is InChI=1S/C14H15F2N3O2/c1-8-4-9-6-17-18-12(9)5-10(8)11-2-3-19(13(20)21)7-14(11,15)16/h4-6,11H,2-3,7H2,1H3,(H,17,18)(H,20,21). The Bertz CT molecular complexity index is 699. The van der Waals surface area contributed by atoms with Crippen LogP contribution in [0.1, 0.15) is 23.5 Å². The zero-order valence-corrected chi connectivity index (χ0v) is 11.4. The van der Waals surface area contributed by atoms with E-state index in [4.69, 9.17) is 5.11 Å². The summed E-state index contributed by atoms with van der Waals surface area (Å²) in [5, 5.41) is 16.4. The van der Waals surface area contributed by atoms with Crippen molar-refractivity contribution in [3.8, 4) is 0 Å². The molecule has 0 spiro atoms. The lowest BCUT2D eigenvalue weighted by Gasteiger charge is -2.37. The Morgan fingerprint density at radius 2 is 2.29 bits per heavy atom. The van der Waals surface area contributed by atoms with Crippen LogP contribution in [0.3, 0.4) is 0 Å². The van der Waals surface area contributed by atoms with E-state index >= 15 is 0 Å². The number of piperidine rings is 1. The molecule has 21 heavy (non-hydrogen) atoms. The molecule has 1 aliphatic heterocycles. The van der Waals surface area contributed by atoms with Crippen molar-refractivity contribution >= 4 is 17.0 Å². The number of aryl methyl sites for hydroxylation is 1. The zero-order chi connectivity index (χ0) is 15.2. The number of benzene rings is 1. The number of alkyl halides is 2. The fourth-order valence-electron chi connectivity index (χ4n) is 2.98. The minimum atomic E-state index is -3.07. The van der Waals surface area contributed by atoms with Crippen LogP contribution in [0.4, 0.5) is 13.6 Å². The van der Waals surface area contributed by atoms with E-state index in [1.165, 1.54) is 0 Å². The Morgan fingerprint density at radius 3 is 2.95 bits per heavy atom. The molecule has 0 radical (unpaired) electrons. The van der Waals surface area contributed by atoms with Crippen LogP contribution in [0, 0.1) is 6.92 Å². The molecule has 5 nitrogen and oxygen atoms in total. The highest BCUT2D eigenvalue weighted by molar-refractivity contribution is 5.80. The lowest BCUT2D eigenvalue weighted by atomic mass is 9.83. The SMILES string of the molecule is Cc1cc2cn[nH]c2cc1C1CCN(C(=O)O)CC1(F)F. The number of nitrogens with one attached hydrogen (secondary N) is 1. The topological polar surface area (TPSA) is 69.2 Å². The van der Waals surface area contributed by atoms with Gasteiger partial charge >= 0.3 is 6.09 Å². The van der Waals surface area contributed by atoms with E-state index in [0.29, 0.717) is 11.1 Å². The molecule has 2 aromatic rings. The number of nitrogens with zero attached hydrogens (tertiary/aromatic N) is 2. The fourth-order valence-corrected chi connectivity index (χ4v) is 2.98. The van der Waals surface area contributed by atoms with Crippen LogP contribution < -0.4 is 0 Å². The summed E-state index contributed by atoms with van der Waals surface area (Å²) in [7, 11) is 0. The second-order valence-electron chi connectivity index (χ2n) is 5.47. The summed E-state index contributed by atoms with van der Waals surface area (Å²) in [6.45, 7) is 1.16. The van der Waals surface area contributed by atoms with Gasteiger partial charge < -0.3 is 10.0 Å². The third-order valence-electron chi connectivity index (χ3n) is 4.07. The Balaban J connectivity index is 1.98. The smallest absolute Gasteiger partial charge is 0.407 e. The molecule has 1 amide bonds. The molecular formula is C14H15F2N3O2. The molecule has 1 unspecified atom stereocenters. The number of rotatable bonds is 1. The molecule has 0 bridgehead atoms. The number of amides is 1. The normalized spacial score (nSPS) is 21.7. The van der Waals surface area contributed by atoms with Gasteiger partial charge in [-0.15, -0.1) is 0 Å². The molecule has 2 N–H and O–H groups in total. The number of hydrogen-bond acceptors (Lipinski definition) is 2. The molecule has 1 aromatic carbocycles. The quantitative estimate of drug-likeness (QED) is 0.849. The van der Waals surface area contributed by atoms with Crippen molar-refractivity contribution in [1.29, 1.82) is 0 Å². The first-order valence-electron chi connectivity index (χ1n) is 6.68. The van der Waals surface area contributed by atoms with Gasteiger partial charge in [-0.3, -0.25) is 5.10 Å². The van der Waals surface area contributed by atoms with Gasteiger partial charge in [-0.2, -0.15) is 5.10 Å². The van der Waals surface area contributed by atoms with Crippen LogP contribution in [0.2, 0.25) is 0 Å². The molecule has 1 aromatic heterocycles. The average Bonchev–Trinajstić information content (AvgIpc) is 2.84. The number of H-pyrrole nitrogens is 1. The summed E-state index contributed by atoms with van der Waals surface area (Å²) in [4.78, 5) is 11.7. The number of carboxylic acid groups (broad SMARTS) is 1. The highest BCUT2D eigenvalue weighted by atomic mass is 19.3. The van der Waals surface area contributed by atoms with Gasteiger partial charge in [0.15, 0.2) is 0 Å². The summed E-state index contributed by atoms with van der Waals surface area (Å²) in [5.41, 5.74) is 2.05. The Kier molecular flexibility index (Phi) is 3.07. The van der Waals surface area contributed by atoms with E-state index in [1.807, 2.05) is 6.07 Å². The molecule has 0 aliphatic carbocycles. The van der Waals surface area contributed by atoms with Crippen LogP contribution in [0.25, 0.3) is 10.9 Å². The van der Waals surface area contributed by atoms with Crippen LogP contribution >= 0.6 is 0 Å². The van der Waals surface area contributed by atoms with Crippen LogP contribution in [-0.2, 0) is 0 Å². The largest absolute Gasteiger partial charge is 0.465 e. The zero-order valence-electron chi connectivity index (χ0n) is 11.4. The maximum atomic E-state index is 14.3. The van der Waals surface area contributed by atoms with Gasteiger partial charge in [0.25, 0.3) is 5.92 Å². The molecule has 3 rings (SSSR count). The van der Waals surface area contributed by atoms with Gasteiger partial charge in [0, 0.05) is 11.9 Å². The summed E-state index contributed by atoms with van der Waals surface area (Å²) < 4.78 is 28.7. The fraction of sp³-hybridized carbons (Fsp3) is 0.429. The van der Waals surface area contributed by atoms with Gasteiger partial charge in [-0.1, -0.05) is 0 Å². The van der Waals surface area contributed by atoms with Gasteiger partial charge in [0.1, 0.15) is 0 Å². The van der Waals surface area contributed by atoms with Crippen molar-refractivity contribution in [3.63, 3.8) is 0 Å². The van der Waals surface area contributed by atoms with Crippen molar-refractivity contribution in [3.05, 3.63) is 29.5 Å². The van der Waals surface area contributed by atoms with Gasteiger partial charge in [0.05, 0.1) is 24.2 Å². The maximum absolute atomic E-state index is 14.3.